The topological polar surface area (TPSA) is 79.3 Å². The molecule has 29 heavy (non-hydrogen) atoms. The Morgan fingerprint density at radius 2 is 1.93 bits per heavy atom. The molecule has 7 nitrogen and oxygen atoms in total. The van der Waals surface area contributed by atoms with E-state index in [0.29, 0.717) is 22.9 Å². The first kappa shape index (κ1) is 19.6. The van der Waals surface area contributed by atoms with Crippen molar-refractivity contribution in [3.63, 3.8) is 0 Å². The van der Waals surface area contributed by atoms with Gasteiger partial charge in [0.2, 0.25) is 0 Å². The van der Waals surface area contributed by atoms with E-state index in [0.717, 1.165) is 51.9 Å². The number of carbonyl (C=O) groups is 2. The molecule has 2 aliphatic heterocycles. The van der Waals surface area contributed by atoms with E-state index in [2.05, 4.69) is 22.7 Å². The first-order chi connectivity index (χ1) is 14.1. The van der Waals surface area contributed by atoms with Gasteiger partial charge in [-0.3, -0.25) is 14.3 Å². The highest BCUT2D eigenvalue weighted by atomic mass is 16.2. The number of nitrogens with one attached hydrogen (secondary N) is 2. The summed E-state index contributed by atoms with van der Waals surface area (Å²) < 4.78 is 1.87. The maximum absolute atomic E-state index is 13.0. The largest absolute Gasteiger partial charge is 0.339 e. The fourth-order valence-electron chi connectivity index (χ4n) is 4.07. The van der Waals surface area contributed by atoms with Crippen molar-refractivity contribution >= 4 is 17.5 Å². The van der Waals surface area contributed by atoms with Crippen LogP contribution in [0.3, 0.4) is 0 Å². The summed E-state index contributed by atoms with van der Waals surface area (Å²) >= 11 is 0. The number of para-hydroxylation sites is 1. The molecule has 1 unspecified atom stereocenters. The zero-order valence-electron chi connectivity index (χ0n) is 16.9. The normalized spacial score (nSPS) is 20.4. The molecule has 7 heteroatoms. The van der Waals surface area contributed by atoms with E-state index < -0.39 is 0 Å². The highest BCUT2D eigenvalue weighted by Gasteiger charge is 2.24. The molecule has 0 aliphatic carbocycles. The predicted molar refractivity (Wildman–Crippen MR) is 112 cm³/mol. The van der Waals surface area contributed by atoms with Crippen LogP contribution < -0.4 is 10.6 Å². The van der Waals surface area contributed by atoms with Gasteiger partial charge in [-0.2, -0.15) is 5.10 Å². The van der Waals surface area contributed by atoms with E-state index in [1.54, 1.807) is 18.2 Å². The smallest absolute Gasteiger partial charge is 0.276 e. The maximum atomic E-state index is 13.0. The molecule has 0 spiro atoms. The van der Waals surface area contributed by atoms with Crippen molar-refractivity contribution in [2.45, 2.75) is 38.6 Å². The van der Waals surface area contributed by atoms with Crippen LogP contribution in [-0.2, 0) is 0 Å². The van der Waals surface area contributed by atoms with Gasteiger partial charge in [-0.05, 0) is 56.3 Å². The third-order valence-corrected chi connectivity index (χ3v) is 5.96. The SMILES string of the molecule is CC1CCN(C(=O)c2ccccc2NC(=O)c2ccn(C3CCCNC3)n2)CC1. The molecule has 154 valence electrons. The summed E-state index contributed by atoms with van der Waals surface area (Å²) in [4.78, 5) is 27.7. The molecular formula is C22H29N5O2. The fraction of sp³-hybridized carbons (Fsp3) is 0.500. The fourth-order valence-corrected chi connectivity index (χ4v) is 4.07. The Bertz CT molecular complexity index is 864. The van der Waals surface area contributed by atoms with Crippen LogP contribution in [0.25, 0.3) is 0 Å². The van der Waals surface area contributed by atoms with E-state index in [9.17, 15) is 9.59 Å². The Labute approximate surface area is 171 Å². The number of nitrogens with zero attached hydrogens (tertiary/aromatic N) is 3. The van der Waals surface area contributed by atoms with E-state index >= 15 is 0 Å². The number of benzene rings is 1. The van der Waals surface area contributed by atoms with Gasteiger partial charge in [0.1, 0.15) is 0 Å². The maximum Gasteiger partial charge on any atom is 0.276 e. The van der Waals surface area contributed by atoms with E-state index in [1.807, 2.05) is 27.9 Å². The Kier molecular flexibility index (Phi) is 5.94. The summed E-state index contributed by atoms with van der Waals surface area (Å²) in [5, 5.41) is 10.7. The van der Waals surface area contributed by atoms with Crippen LogP contribution in [0.1, 0.15) is 59.5 Å². The number of likely N-dealkylation sites (tertiary alicyclic amines) is 1. The van der Waals surface area contributed by atoms with Gasteiger partial charge in [0.25, 0.3) is 11.8 Å². The third-order valence-electron chi connectivity index (χ3n) is 5.96. The van der Waals surface area contributed by atoms with Gasteiger partial charge >= 0.3 is 0 Å². The lowest BCUT2D eigenvalue weighted by Gasteiger charge is -2.30. The first-order valence-electron chi connectivity index (χ1n) is 10.6. The quantitative estimate of drug-likeness (QED) is 0.834. The number of anilines is 1. The molecule has 1 aromatic heterocycles. The average molecular weight is 396 g/mol. The van der Waals surface area contributed by atoms with Crippen LogP contribution in [0.15, 0.2) is 36.5 Å². The van der Waals surface area contributed by atoms with Gasteiger partial charge in [-0.1, -0.05) is 19.1 Å². The molecule has 2 aliphatic rings. The van der Waals surface area contributed by atoms with Crippen LogP contribution in [-0.4, -0.2) is 52.7 Å². The number of rotatable bonds is 4. The molecule has 2 amide bonds. The lowest BCUT2D eigenvalue weighted by Crippen LogP contribution is -2.38. The van der Waals surface area contributed by atoms with Gasteiger partial charge in [-0.15, -0.1) is 0 Å². The Hall–Kier alpha value is -2.67. The van der Waals surface area contributed by atoms with Crippen LogP contribution in [0, 0.1) is 5.92 Å². The number of amides is 2. The predicted octanol–water partition coefficient (Wildman–Crippen LogP) is 2.93. The van der Waals surface area contributed by atoms with Gasteiger partial charge < -0.3 is 15.5 Å². The second kappa shape index (κ2) is 8.78. The number of carbonyl (C=O) groups excluding carboxylic acids is 2. The second-order valence-corrected chi connectivity index (χ2v) is 8.16. The highest BCUT2D eigenvalue weighted by Crippen LogP contribution is 2.23. The van der Waals surface area contributed by atoms with Crippen molar-refractivity contribution in [1.29, 1.82) is 0 Å². The monoisotopic (exact) mass is 395 g/mol. The number of hydrogen-bond acceptors (Lipinski definition) is 4. The number of piperidine rings is 2. The molecule has 1 aromatic carbocycles. The third kappa shape index (κ3) is 4.50. The van der Waals surface area contributed by atoms with E-state index in [1.165, 1.54) is 0 Å². The van der Waals surface area contributed by atoms with Crippen molar-refractivity contribution in [1.82, 2.24) is 20.0 Å². The zero-order chi connectivity index (χ0) is 20.2. The van der Waals surface area contributed by atoms with Crippen molar-refractivity contribution < 1.29 is 9.59 Å². The Morgan fingerprint density at radius 3 is 2.69 bits per heavy atom. The molecule has 2 saturated heterocycles. The van der Waals surface area contributed by atoms with Crippen LogP contribution in [0.4, 0.5) is 5.69 Å². The minimum absolute atomic E-state index is 0.0217. The van der Waals surface area contributed by atoms with Gasteiger partial charge in [0.05, 0.1) is 17.3 Å². The van der Waals surface area contributed by atoms with Crippen LogP contribution >= 0.6 is 0 Å². The molecule has 0 saturated carbocycles. The Morgan fingerprint density at radius 1 is 1.14 bits per heavy atom. The average Bonchev–Trinajstić information content (AvgIpc) is 3.25. The summed E-state index contributed by atoms with van der Waals surface area (Å²) in [5.41, 5.74) is 1.44. The number of hydrogen-bond donors (Lipinski definition) is 2. The molecule has 0 bridgehead atoms. The van der Waals surface area contributed by atoms with Gasteiger partial charge in [-0.25, -0.2) is 0 Å². The standard InChI is InChI=1S/C22H29N5O2/c1-16-8-12-26(13-9-16)22(29)18-6-2-3-7-19(18)24-21(28)20-10-14-27(25-20)17-5-4-11-23-15-17/h2-3,6-7,10,14,16-17,23H,4-5,8-9,11-13,15H2,1H3,(H,24,28). The summed E-state index contributed by atoms with van der Waals surface area (Å²) in [6, 6.07) is 9.24. The highest BCUT2D eigenvalue weighted by molar-refractivity contribution is 6.08. The van der Waals surface area contributed by atoms with Crippen molar-refractivity contribution in [2.75, 3.05) is 31.5 Å². The lowest BCUT2D eigenvalue weighted by atomic mass is 9.98. The summed E-state index contributed by atoms with van der Waals surface area (Å²) in [5.74, 6) is 0.343. The van der Waals surface area contributed by atoms with E-state index in [-0.39, 0.29) is 17.9 Å². The lowest BCUT2D eigenvalue weighted by molar-refractivity contribution is 0.0698. The molecule has 0 radical (unpaired) electrons. The van der Waals surface area contributed by atoms with Gasteiger partial charge in [0.15, 0.2) is 5.69 Å². The zero-order valence-corrected chi connectivity index (χ0v) is 16.9. The molecule has 4 rings (SSSR count). The van der Waals surface area contributed by atoms with Gasteiger partial charge in [0, 0.05) is 25.8 Å². The summed E-state index contributed by atoms with van der Waals surface area (Å²) in [6.45, 7) is 5.66. The molecule has 2 aromatic rings. The summed E-state index contributed by atoms with van der Waals surface area (Å²) in [7, 11) is 0. The first-order valence-corrected chi connectivity index (χ1v) is 10.6. The van der Waals surface area contributed by atoms with Crippen molar-refractivity contribution in [2.24, 2.45) is 5.92 Å². The molecule has 3 heterocycles. The molecule has 2 fully saturated rings. The minimum atomic E-state index is -0.292. The minimum Gasteiger partial charge on any atom is -0.339 e. The van der Waals surface area contributed by atoms with Crippen molar-refractivity contribution in [3.8, 4) is 0 Å². The van der Waals surface area contributed by atoms with Crippen LogP contribution in [0.2, 0.25) is 0 Å². The van der Waals surface area contributed by atoms with E-state index in [4.69, 9.17) is 0 Å². The second-order valence-electron chi connectivity index (χ2n) is 8.16. The van der Waals surface area contributed by atoms with Crippen molar-refractivity contribution in [3.05, 3.63) is 47.8 Å². The molecule has 1 atom stereocenters. The molecule has 2 N–H and O–H groups in total. The summed E-state index contributed by atoms with van der Waals surface area (Å²) in [6.07, 6.45) is 6.07. The Balaban J connectivity index is 1.46. The molecular weight excluding hydrogens is 366 g/mol. The van der Waals surface area contributed by atoms with Crippen LogP contribution in [0.5, 0.6) is 0 Å². The number of aromatic nitrogens is 2.